The SMILES string of the molecule is Cc1c(NCc2cc(F)c(F)cc2F)cccc1C(N)=O. The number of halogens is 3. The molecule has 0 atom stereocenters. The molecule has 0 fully saturated rings. The topological polar surface area (TPSA) is 55.1 Å². The second kappa shape index (κ2) is 5.87. The second-order valence-electron chi connectivity index (χ2n) is 4.55. The van der Waals surface area contributed by atoms with Crippen LogP contribution in [0.25, 0.3) is 0 Å². The molecule has 2 rings (SSSR count). The predicted octanol–water partition coefficient (Wildman–Crippen LogP) is 3.12. The third kappa shape index (κ3) is 3.16. The fourth-order valence-electron chi connectivity index (χ4n) is 1.98. The molecule has 2 aromatic rings. The van der Waals surface area contributed by atoms with E-state index in [2.05, 4.69) is 5.32 Å². The summed E-state index contributed by atoms with van der Waals surface area (Å²) < 4.78 is 39.5. The van der Waals surface area contributed by atoms with E-state index in [1.54, 1.807) is 25.1 Å². The van der Waals surface area contributed by atoms with E-state index in [-0.39, 0.29) is 12.1 Å². The first-order valence-electron chi connectivity index (χ1n) is 6.17. The molecule has 0 aliphatic heterocycles. The Hall–Kier alpha value is -2.50. The molecule has 0 unspecified atom stereocenters. The summed E-state index contributed by atoms with van der Waals surface area (Å²) in [6.45, 7) is 1.64. The van der Waals surface area contributed by atoms with Crippen molar-refractivity contribution in [1.29, 1.82) is 0 Å². The van der Waals surface area contributed by atoms with Gasteiger partial charge < -0.3 is 11.1 Å². The zero-order chi connectivity index (χ0) is 15.6. The molecule has 0 aliphatic rings. The molecule has 110 valence electrons. The Balaban J connectivity index is 2.23. The van der Waals surface area contributed by atoms with E-state index < -0.39 is 23.4 Å². The van der Waals surface area contributed by atoms with Gasteiger partial charge in [-0.1, -0.05) is 6.07 Å². The van der Waals surface area contributed by atoms with Gasteiger partial charge in [0.05, 0.1) is 0 Å². The quantitative estimate of drug-likeness (QED) is 0.851. The lowest BCUT2D eigenvalue weighted by molar-refractivity contribution is 0.1000. The largest absolute Gasteiger partial charge is 0.381 e. The number of carbonyl (C=O) groups excluding carboxylic acids is 1. The van der Waals surface area contributed by atoms with Gasteiger partial charge in [-0.15, -0.1) is 0 Å². The van der Waals surface area contributed by atoms with E-state index in [0.29, 0.717) is 22.9 Å². The molecule has 21 heavy (non-hydrogen) atoms. The van der Waals surface area contributed by atoms with Crippen LogP contribution in [0, 0.1) is 24.4 Å². The Morgan fingerprint density at radius 1 is 1.14 bits per heavy atom. The maximum atomic E-state index is 13.5. The van der Waals surface area contributed by atoms with Gasteiger partial charge in [0.1, 0.15) is 5.82 Å². The summed E-state index contributed by atoms with van der Waals surface area (Å²) in [4.78, 5) is 11.2. The number of hydrogen-bond acceptors (Lipinski definition) is 2. The summed E-state index contributed by atoms with van der Waals surface area (Å²) in [6, 6.07) is 6.17. The molecule has 0 aromatic heterocycles. The van der Waals surface area contributed by atoms with Crippen LogP contribution in [0.2, 0.25) is 0 Å². The third-order valence-electron chi connectivity index (χ3n) is 3.16. The Labute approximate surface area is 119 Å². The van der Waals surface area contributed by atoms with Gasteiger partial charge in [-0.05, 0) is 30.7 Å². The van der Waals surface area contributed by atoms with Crippen LogP contribution in [-0.4, -0.2) is 5.91 Å². The minimum absolute atomic E-state index is 0.0159. The number of primary amides is 1. The smallest absolute Gasteiger partial charge is 0.249 e. The van der Waals surface area contributed by atoms with Gasteiger partial charge in [-0.3, -0.25) is 4.79 Å². The number of carbonyl (C=O) groups is 1. The van der Waals surface area contributed by atoms with Gasteiger partial charge in [0.2, 0.25) is 5.91 Å². The van der Waals surface area contributed by atoms with E-state index in [1.165, 1.54) is 0 Å². The van der Waals surface area contributed by atoms with Crippen LogP contribution in [-0.2, 0) is 6.54 Å². The number of nitrogens with two attached hydrogens (primary N) is 1. The van der Waals surface area contributed by atoms with Gasteiger partial charge in [-0.2, -0.15) is 0 Å². The van der Waals surface area contributed by atoms with Crippen molar-refractivity contribution in [3.05, 3.63) is 64.5 Å². The van der Waals surface area contributed by atoms with Crippen LogP contribution in [0.3, 0.4) is 0 Å². The second-order valence-corrected chi connectivity index (χ2v) is 4.55. The van der Waals surface area contributed by atoms with E-state index >= 15 is 0 Å². The highest BCUT2D eigenvalue weighted by Crippen LogP contribution is 2.21. The minimum atomic E-state index is -1.23. The van der Waals surface area contributed by atoms with Crippen molar-refractivity contribution < 1.29 is 18.0 Å². The first-order chi connectivity index (χ1) is 9.90. The van der Waals surface area contributed by atoms with Crippen molar-refractivity contribution in [2.45, 2.75) is 13.5 Å². The normalized spacial score (nSPS) is 10.5. The molecule has 0 aliphatic carbocycles. The molecular weight excluding hydrogens is 281 g/mol. The van der Waals surface area contributed by atoms with Gasteiger partial charge in [0, 0.05) is 29.4 Å². The third-order valence-corrected chi connectivity index (χ3v) is 3.16. The van der Waals surface area contributed by atoms with Crippen LogP contribution in [0.5, 0.6) is 0 Å². The van der Waals surface area contributed by atoms with Crippen molar-refractivity contribution in [1.82, 2.24) is 0 Å². The molecular formula is C15H13F3N2O. The maximum absolute atomic E-state index is 13.5. The Morgan fingerprint density at radius 2 is 1.81 bits per heavy atom. The number of nitrogens with one attached hydrogen (secondary N) is 1. The van der Waals surface area contributed by atoms with Gasteiger partial charge in [0.15, 0.2) is 11.6 Å². The number of rotatable bonds is 4. The number of benzene rings is 2. The highest BCUT2D eigenvalue weighted by atomic mass is 19.2. The van der Waals surface area contributed by atoms with Crippen LogP contribution in [0.4, 0.5) is 18.9 Å². The Bertz CT molecular complexity index is 702. The first kappa shape index (κ1) is 14.9. The highest BCUT2D eigenvalue weighted by Gasteiger charge is 2.11. The minimum Gasteiger partial charge on any atom is -0.381 e. The Kier molecular flexibility index (Phi) is 4.16. The zero-order valence-corrected chi connectivity index (χ0v) is 11.2. The lowest BCUT2D eigenvalue weighted by atomic mass is 10.1. The average Bonchev–Trinajstić information content (AvgIpc) is 2.42. The summed E-state index contributed by atoms with van der Waals surface area (Å²) in [5, 5.41) is 2.88. The van der Waals surface area contributed by atoms with Crippen LogP contribution in [0.15, 0.2) is 30.3 Å². The molecule has 0 spiro atoms. The van der Waals surface area contributed by atoms with Gasteiger partial charge in [0.25, 0.3) is 0 Å². The van der Waals surface area contributed by atoms with Crippen molar-refractivity contribution in [3.8, 4) is 0 Å². The Morgan fingerprint density at radius 3 is 2.48 bits per heavy atom. The summed E-state index contributed by atoms with van der Waals surface area (Å²) in [5.41, 5.74) is 6.73. The van der Waals surface area contributed by atoms with Gasteiger partial charge >= 0.3 is 0 Å². The standard InChI is InChI=1S/C15H13F3N2O/c1-8-10(15(19)21)3-2-4-14(8)20-7-9-5-12(17)13(18)6-11(9)16/h2-6,20H,7H2,1H3,(H2,19,21). The summed E-state index contributed by atoms with van der Waals surface area (Å²) >= 11 is 0. The predicted molar refractivity (Wildman–Crippen MR) is 73.3 cm³/mol. The van der Waals surface area contributed by atoms with Gasteiger partial charge in [-0.25, -0.2) is 13.2 Å². The monoisotopic (exact) mass is 294 g/mol. The molecule has 2 aromatic carbocycles. The highest BCUT2D eigenvalue weighted by molar-refractivity contribution is 5.95. The fraction of sp³-hybridized carbons (Fsp3) is 0.133. The number of anilines is 1. The summed E-state index contributed by atoms with van der Waals surface area (Å²) in [7, 11) is 0. The lowest BCUT2D eigenvalue weighted by Gasteiger charge is -2.12. The van der Waals surface area contributed by atoms with E-state index in [9.17, 15) is 18.0 Å². The summed E-state index contributed by atoms with van der Waals surface area (Å²) in [5.74, 6) is -3.76. The molecule has 6 heteroatoms. The molecule has 0 bridgehead atoms. The van der Waals surface area contributed by atoms with Crippen molar-refractivity contribution in [2.75, 3.05) is 5.32 Å². The summed E-state index contributed by atoms with van der Waals surface area (Å²) in [6.07, 6.45) is 0. The van der Waals surface area contributed by atoms with Crippen LogP contribution in [0.1, 0.15) is 21.5 Å². The molecule has 0 saturated carbocycles. The molecule has 3 N–H and O–H groups in total. The molecule has 0 saturated heterocycles. The molecule has 3 nitrogen and oxygen atoms in total. The number of hydrogen-bond donors (Lipinski definition) is 2. The zero-order valence-electron chi connectivity index (χ0n) is 11.2. The van der Waals surface area contributed by atoms with Crippen molar-refractivity contribution in [3.63, 3.8) is 0 Å². The fourth-order valence-corrected chi connectivity index (χ4v) is 1.98. The van der Waals surface area contributed by atoms with E-state index in [0.717, 1.165) is 6.07 Å². The van der Waals surface area contributed by atoms with E-state index in [1.807, 2.05) is 0 Å². The van der Waals surface area contributed by atoms with Crippen LogP contribution < -0.4 is 11.1 Å². The van der Waals surface area contributed by atoms with Crippen molar-refractivity contribution >= 4 is 11.6 Å². The molecule has 1 amide bonds. The molecule has 0 radical (unpaired) electrons. The average molecular weight is 294 g/mol. The van der Waals surface area contributed by atoms with Crippen LogP contribution >= 0.6 is 0 Å². The van der Waals surface area contributed by atoms with E-state index in [4.69, 9.17) is 5.73 Å². The number of amides is 1. The lowest BCUT2D eigenvalue weighted by Crippen LogP contribution is -2.14. The van der Waals surface area contributed by atoms with Crippen molar-refractivity contribution in [2.24, 2.45) is 5.73 Å². The first-order valence-corrected chi connectivity index (χ1v) is 6.17. The maximum Gasteiger partial charge on any atom is 0.249 e. The molecule has 0 heterocycles.